The first-order chi connectivity index (χ1) is 9.46. The number of carbonyl (C=O) groups excluding carboxylic acids is 1. The molecule has 1 unspecified atom stereocenters. The number of rotatable bonds is 4. The molecule has 5 heteroatoms. The van der Waals surface area contributed by atoms with Gasteiger partial charge in [-0.15, -0.1) is 22.9 Å². The molecule has 20 heavy (non-hydrogen) atoms. The van der Waals surface area contributed by atoms with E-state index in [0.29, 0.717) is 10.8 Å². The Morgan fingerprint density at radius 3 is 2.50 bits per heavy atom. The summed E-state index contributed by atoms with van der Waals surface area (Å²) in [4.78, 5) is 17.4. The number of alkyl halides is 1. The zero-order chi connectivity index (χ0) is 14.8. The van der Waals surface area contributed by atoms with Gasteiger partial charge in [-0.1, -0.05) is 30.3 Å². The Morgan fingerprint density at radius 1 is 1.35 bits per heavy atom. The average Bonchev–Trinajstić information content (AvgIpc) is 2.78. The fraction of sp³-hybridized carbons (Fsp3) is 0.333. The number of halogens is 1. The molecule has 106 valence electrons. The van der Waals surface area contributed by atoms with Gasteiger partial charge in [-0.05, 0) is 26.3 Å². The Bertz CT molecular complexity index is 612. The molecule has 1 heterocycles. The monoisotopic (exact) mass is 308 g/mol. The fourth-order valence-electron chi connectivity index (χ4n) is 2.04. The van der Waals surface area contributed by atoms with Crippen LogP contribution in [0.1, 0.15) is 32.9 Å². The minimum Gasteiger partial charge on any atom is -0.341 e. The second-order valence-electron chi connectivity index (χ2n) is 4.93. The number of aryl methyl sites for hydroxylation is 2. The molecule has 0 aliphatic heterocycles. The molecule has 2 rings (SSSR count). The molecule has 0 radical (unpaired) electrons. The van der Waals surface area contributed by atoms with Gasteiger partial charge in [-0.3, -0.25) is 4.79 Å². The molecule has 0 saturated heterocycles. The molecular formula is C15H17ClN2OS. The summed E-state index contributed by atoms with van der Waals surface area (Å²) in [6, 6.07) is 9.75. The zero-order valence-corrected chi connectivity index (χ0v) is 13.3. The average molecular weight is 309 g/mol. The lowest BCUT2D eigenvalue weighted by molar-refractivity contribution is 0.0916. The molecule has 0 aliphatic rings. The first-order valence-electron chi connectivity index (χ1n) is 6.34. The van der Waals surface area contributed by atoms with Crippen LogP contribution in [-0.2, 0) is 5.54 Å². The third kappa shape index (κ3) is 3.02. The van der Waals surface area contributed by atoms with Gasteiger partial charge in [0.15, 0.2) is 0 Å². The van der Waals surface area contributed by atoms with E-state index < -0.39 is 5.54 Å². The minimum atomic E-state index is -0.593. The summed E-state index contributed by atoms with van der Waals surface area (Å²) in [5, 5.41) is 3.92. The van der Waals surface area contributed by atoms with Gasteiger partial charge >= 0.3 is 0 Å². The van der Waals surface area contributed by atoms with Gasteiger partial charge in [0.1, 0.15) is 4.88 Å². The topological polar surface area (TPSA) is 42.0 Å². The Morgan fingerprint density at radius 2 is 2.00 bits per heavy atom. The highest BCUT2D eigenvalue weighted by molar-refractivity contribution is 7.13. The van der Waals surface area contributed by atoms with Crippen LogP contribution in [0.4, 0.5) is 0 Å². The van der Waals surface area contributed by atoms with Crippen molar-refractivity contribution in [3.63, 3.8) is 0 Å². The van der Waals surface area contributed by atoms with Crippen molar-refractivity contribution >= 4 is 28.8 Å². The van der Waals surface area contributed by atoms with Crippen LogP contribution in [0.5, 0.6) is 0 Å². The summed E-state index contributed by atoms with van der Waals surface area (Å²) in [7, 11) is 0. The second kappa shape index (κ2) is 5.94. The maximum atomic E-state index is 12.4. The largest absolute Gasteiger partial charge is 0.341 e. The first kappa shape index (κ1) is 15.0. The smallest absolute Gasteiger partial charge is 0.264 e. The van der Waals surface area contributed by atoms with Crippen LogP contribution in [0.25, 0.3) is 0 Å². The van der Waals surface area contributed by atoms with Crippen molar-refractivity contribution in [2.45, 2.75) is 26.3 Å². The molecule has 0 saturated carbocycles. The Hall–Kier alpha value is -1.39. The maximum Gasteiger partial charge on any atom is 0.264 e. The van der Waals surface area contributed by atoms with Crippen molar-refractivity contribution in [2.75, 3.05) is 5.88 Å². The van der Waals surface area contributed by atoms with Gasteiger partial charge < -0.3 is 5.32 Å². The van der Waals surface area contributed by atoms with Crippen molar-refractivity contribution in [3.8, 4) is 0 Å². The van der Waals surface area contributed by atoms with E-state index in [2.05, 4.69) is 10.3 Å². The number of aromatic nitrogens is 1. The number of benzene rings is 1. The van der Waals surface area contributed by atoms with Crippen LogP contribution in [0, 0.1) is 13.8 Å². The number of nitrogens with zero attached hydrogens (tertiary/aromatic N) is 1. The van der Waals surface area contributed by atoms with Crippen LogP contribution in [0.3, 0.4) is 0 Å². The molecular weight excluding hydrogens is 292 g/mol. The molecule has 0 bridgehead atoms. The maximum absolute atomic E-state index is 12.4. The molecule has 1 amide bonds. The number of hydrogen-bond acceptors (Lipinski definition) is 3. The second-order valence-corrected chi connectivity index (χ2v) is 6.40. The molecule has 1 atom stereocenters. The van der Waals surface area contributed by atoms with Crippen LogP contribution in [0.2, 0.25) is 0 Å². The van der Waals surface area contributed by atoms with Gasteiger partial charge in [-0.25, -0.2) is 4.98 Å². The normalized spacial score (nSPS) is 13.8. The first-order valence-corrected chi connectivity index (χ1v) is 7.69. The molecule has 1 aromatic heterocycles. The summed E-state index contributed by atoms with van der Waals surface area (Å²) in [6.45, 7) is 5.67. The van der Waals surface area contributed by atoms with E-state index in [-0.39, 0.29) is 5.91 Å². The third-order valence-electron chi connectivity index (χ3n) is 3.18. The quantitative estimate of drug-likeness (QED) is 0.876. The summed E-state index contributed by atoms with van der Waals surface area (Å²) in [6.07, 6.45) is 0. The highest BCUT2D eigenvalue weighted by Gasteiger charge is 2.29. The summed E-state index contributed by atoms with van der Waals surface area (Å²) in [5.74, 6) is 0.180. The van der Waals surface area contributed by atoms with Gasteiger partial charge in [0.05, 0.1) is 16.2 Å². The van der Waals surface area contributed by atoms with Crippen molar-refractivity contribution < 1.29 is 4.79 Å². The van der Waals surface area contributed by atoms with E-state index in [0.717, 1.165) is 16.3 Å². The van der Waals surface area contributed by atoms with Crippen molar-refractivity contribution in [1.82, 2.24) is 10.3 Å². The highest BCUT2D eigenvalue weighted by atomic mass is 35.5. The van der Waals surface area contributed by atoms with E-state index >= 15 is 0 Å². The Labute approximate surface area is 128 Å². The van der Waals surface area contributed by atoms with Gasteiger partial charge in [0.2, 0.25) is 0 Å². The van der Waals surface area contributed by atoms with Gasteiger partial charge in [0, 0.05) is 5.88 Å². The van der Waals surface area contributed by atoms with Gasteiger partial charge in [0.25, 0.3) is 5.91 Å². The lowest BCUT2D eigenvalue weighted by Crippen LogP contribution is -2.45. The van der Waals surface area contributed by atoms with Crippen LogP contribution in [0.15, 0.2) is 30.3 Å². The molecule has 0 aliphatic carbocycles. The van der Waals surface area contributed by atoms with E-state index in [1.165, 1.54) is 11.3 Å². The van der Waals surface area contributed by atoms with Crippen LogP contribution in [-0.4, -0.2) is 16.8 Å². The number of thiazole rings is 1. The van der Waals surface area contributed by atoms with Crippen molar-refractivity contribution in [2.24, 2.45) is 0 Å². The number of amides is 1. The number of nitrogens with one attached hydrogen (secondary N) is 1. The molecule has 0 fully saturated rings. The molecule has 1 N–H and O–H groups in total. The third-order valence-corrected chi connectivity index (χ3v) is 4.78. The van der Waals surface area contributed by atoms with E-state index in [9.17, 15) is 4.79 Å². The molecule has 1 aromatic carbocycles. The SMILES string of the molecule is Cc1nc(C)c(C(=O)NC(C)(CCl)c2ccccc2)s1. The molecule has 3 nitrogen and oxygen atoms in total. The summed E-state index contributed by atoms with van der Waals surface area (Å²) >= 11 is 7.50. The highest BCUT2D eigenvalue weighted by Crippen LogP contribution is 2.24. The number of hydrogen-bond donors (Lipinski definition) is 1. The standard InChI is InChI=1S/C15H17ClN2OS/c1-10-13(20-11(2)17-10)14(19)18-15(3,9-16)12-7-5-4-6-8-12/h4-8H,9H2,1-3H3,(H,18,19). The molecule has 0 spiro atoms. The van der Waals surface area contributed by atoms with E-state index in [1.54, 1.807) is 0 Å². The van der Waals surface area contributed by atoms with Crippen LogP contribution >= 0.6 is 22.9 Å². The Kier molecular flexibility index (Phi) is 4.45. The summed E-state index contributed by atoms with van der Waals surface area (Å²) < 4.78 is 0. The fourth-order valence-corrected chi connectivity index (χ4v) is 3.07. The Balaban J connectivity index is 2.26. The lowest BCUT2D eigenvalue weighted by atomic mass is 9.94. The van der Waals surface area contributed by atoms with Crippen molar-refractivity contribution in [3.05, 3.63) is 51.5 Å². The predicted octanol–water partition coefficient (Wildman–Crippen LogP) is 3.64. The predicted molar refractivity (Wildman–Crippen MR) is 83.6 cm³/mol. The van der Waals surface area contributed by atoms with E-state index in [1.807, 2.05) is 51.1 Å². The minimum absolute atomic E-state index is 0.125. The van der Waals surface area contributed by atoms with Crippen molar-refractivity contribution in [1.29, 1.82) is 0 Å². The summed E-state index contributed by atoms with van der Waals surface area (Å²) in [5.41, 5.74) is 1.15. The molecule has 2 aromatic rings. The van der Waals surface area contributed by atoms with Gasteiger partial charge in [-0.2, -0.15) is 0 Å². The van der Waals surface area contributed by atoms with E-state index in [4.69, 9.17) is 11.6 Å². The number of carbonyl (C=O) groups is 1. The lowest BCUT2D eigenvalue weighted by Gasteiger charge is -2.29. The zero-order valence-electron chi connectivity index (χ0n) is 11.7. The van der Waals surface area contributed by atoms with Crippen LogP contribution < -0.4 is 5.32 Å².